The molecule has 6 heteroatoms. The van der Waals surface area contributed by atoms with E-state index >= 15 is 0 Å². The van der Waals surface area contributed by atoms with Crippen LogP contribution in [-0.2, 0) is 13.6 Å². The second-order valence-corrected chi connectivity index (χ2v) is 5.31. The number of hydrogen-bond donors (Lipinski definition) is 0. The predicted octanol–water partition coefficient (Wildman–Crippen LogP) is 2.57. The number of ketones is 1. The largest absolute Gasteiger partial charge is 0.496 e. The Hall–Kier alpha value is -3.15. The summed E-state index contributed by atoms with van der Waals surface area (Å²) < 4.78 is 8.79. The Kier molecular flexibility index (Phi) is 4.56. The number of benzene rings is 1. The van der Waals surface area contributed by atoms with Gasteiger partial charge in [0.25, 0.3) is 0 Å². The maximum absolute atomic E-state index is 12.2. The molecule has 0 fully saturated rings. The van der Waals surface area contributed by atoms with Gasteiger partial charge < -0.3 is 4.74 Å². The summed E-state index contributed by atoms with van der Waals surface area (Å²) in [5.74, 6) is 0.708. The summed E-state index contributed by atoms with van der Waals surface area (Å²) in [7, 11) is 3.39. The van der Waals surface area contributed by atoms with Crippen LogP contribution >= 0.6 is 0 Å². The molecule has 3 rings (SSSR count). The van der Waals surface area contributed by atoms with Gasteiger partial charge in [-0.05, 0) is 35.9 Å². The van der Waals surface area contributed by atoms with Crippen molar-refractivity contribution in [1.29, 1.82) is 0 Å². The normalized spacial score (nSPS) is 11.1. The van der Waals surface area contributed by atoms with E-state index in [-0.39, 0.29) is 5.78 Å². The van der Waals surface area contributed by atoms with Crippen molar-refractivity contribution in [3.8, 4) is 5.75 Å². The molecule has 6 nitrogen and oxygen atoms in total. The monoisotopic (exact) mass is 322 g/mol. The highest BCUT2D eigenvalue weighted by atomic mass is 16.5. The molecule has 3 aromatic rings. The molecular formula is C18H18N4O2. The second-order valence-electron chi connectivity index (χ2n) is 5.31. The summed E-state index contributed by atoms with van der Waals surface area (Å²) in [6.07, 6.45) is 8.59. The third-order valence-electron chi connectivity index (χ3n) is 3.70. The molecule has 0 spiro atoms. The number of rotatable bonds is 6. The molecule has 0 saturated carbocycles. The molecule has 0 N–H and O–H groups in total. The number of hydrogen-bond acceptors (Lipinski definition) is 4. The number of carbonyl (C=O) groups excluding carboxylic acids is 1. The van der Waals surface area contributed by atoms with E-state index < -0.39 is 0 Å². The molecule has 0 saturated heterocycles. The highest BCUT2D eigenvalue weighted by Crippen LogP contribution is 2.21. The summed E-state index contributed by atoms with van der Waals surface area (Å²) in [6.45, 7) is 0.605. The Balaban J connectivity index is 1.82. The number of methoxy groups -OCH3 is 1. The first-order valence-corrected chi connectivity index (χ1v) is 7.52. The van der Waals surface area contributed by atoms with E-state index in [2.05, 4.69) is 10.2 Å². The maximum Gasteiger partial charge on any atom is 0.203 e. The van der Waals surface area contributed by atoms with Gasteiger partial charge in [-0.2, -0.15) is 10.2 Å². The van der Waals surface area contributed by atoms with Crippen LogP contribution in [-0.4, -0.2) is 32.5 Å². The van der Waals surface area contributed by atoms with Gasteiger partial charge in [-0.25, -0.2) is 0 Å². The van der Waals surface area contributed by atoms with Gasteiger partial charge in [0.15, 0.2) is 0 Å². The van der Waals surface area contributed by atoms with E-state index in [1.165, 1.54) is 0 Å². The minimum Gasteiger partial charge on any atom is -0.496 e. The summed E-state index contributed by atoms with van der Waals surface area (Å²) in [6, 6.07) is 9.38. The van der Waals surface area contributed by atoms with E-state index in [4.69, 9.17) is 4.74 Å². The molecule has 0 amide bonds. The lowest BCUT2D eigenvalue weighted by molar-refractivity contribution is 0.103. The van der Waals surface area contributed by atoms with Crippen molar-refractivity contribution >= 4 is 11.9 Å². The van der Waals surface area contributed by atoms with Gasteiger partial charge in [-0.1, -0.05) is 12.1 Å². The van der Waals surface area contributed by atoms with E-state index in [0.717, 1.165) is 16.9 Å². The Labute approximate surface area is 140 Å². The minimum atomic E-state index is -0.0838. The van der Waals surface area contributed by atoms with Crippen molar-refractivity contribution in [3.63, 3.8) is 0 Å². The molecule has 0 radical (unpaired) electrons. The number of allylic oxidation sites excluding steroid dienone is 1. The van der Waals surface area contributed by atoms with Crippen molar-refractivity contribution in [1.82, 2.24) is 19.6 Å². The van der Waals surface area contributed by atoms with Gasteiger partial charge in [0.1, 0.15) is 11.4 Å². The molecule has 0 bridgehead atoms. The van der Waals surface area contributed by atoms with E-state index in [1.54, 1.807) is 49.5 Å². The fourth-order valence-corrected chi connectivity index (χ4v) is 2.47. The molecular weight excluding hydrogens is 304 g/mol. The Bertz CT molecular complexity index is 863. The zero-order chi connectivity index (χ0) is 16.9. The first-order valence-electron chi connectivity index (χ1n) is 7.52. The second kappa shape index (κ2) is 6.95. The third-order valence-corrected chi connectivity index (χ3v) is 3.70. The van der Waals surface area contributed by atoms with Crippen molar-refractivity contribution in [3.05, 3.63) is 71.8 Å². The number of aryl methyl sites for hydroxylation is 1. The van der Waals surface area contributed by atoms with E-state index in [0.29, 0.717) is 12.2 Å². The quantitative estimate of drug-likeness (QED) is 0.517. The summed E-state index contributed by atoms with van der Waals surface area (Å²) in [5, 5.41) is 8.22. The first kappa shape index (κ1) is 15.7. The molecule has 24 heavy (non-hydrogen) atoms. The SMILES string of the molecule is COc1ccc(/C=C\C(=O)c2ccnn2C)cc1Cn1cccn1. The number of nitrogens with zero attached hydrogens (tertiary/aromatic N) is 4. The number of carbonyl (C=O) groups is 1. The van der Waals surface area contributed by atoms with Crippen LogP contribution in [0.1, 0.15) is 21.6 Å². The van der Waals surface area contributed by atoms with Gasteiger partial charge in [-0.3, -0.25) is 14.2 Å². The van der Waals surface area contributed by atoms with E-state index in [1.807, 2.05) is 35.1 Å². The van der Waals surface area contributed by atoms with Crippen LogP contribution in [0.2, 0.25) is 0 Å². The highest BCUT2D eigenvalue weighted by Gasteiger charge is 2.07. The standard InChI is InChI=1S/C18H18N4O2/c1-21-16(8-10-19-21)17(23)6-4-14-5-7-18(24-2)15(12-14)13-22-11-3-9-20-22/h3-12H,13H2,1-2H3/b6-4-. The molecule has 0 aliphatic rings. The van der Waals surface area contributed by atoms with Crippen LogP contribution in [0.4, 0.5) is 0 Å². The summed E-state index contributed by atoms with van der Waals surface area (Å²) >= 11 is 0. The van der Waals surface area contributed by atoms with E-state index in [9.17, 15) is 4.79 Å². The van der Waals surface area contributed by atoms with Crippen LogP contribution in [0.5, 0.6) is 5.75 Å². The Morgan fingerprint density at radius 3 is 2.79 bits per heavy atom. The minimum absolute atomic E-state index is 0.0838. The van der Waals surface area contributed by atoms with Crippen LogP contribution < -0.4 is 4.74 Å². The van der Waals surface area contributed by atoms with Crippen molar-refractivity contribution in [2.45, 2.75) is 6.54 Å². The lowest BCUT2D eigenvalue weighted by atomic mass is 10.1. The molecule has 0 aliphatic carbocycles. The molecule has 2 aromatic heterocycles. The first-order chi connectivity index (χ1) is 11.7. The average Bonchev–Trinajstić information content (AvgIpc) is 3.24. The average molecular weight is 322 g/mol. The molecule has 0 aliphatic heterocycles. The summed E-state index contributed by atoms with van der Waals surface area (Å²) in [4.78, 5) is 12.2. The zero-order valence-corrected chi connectivity index (χ0v) is 13.6. The van der Waals surface area contributed by atoms with Crippen LogP contribution in [0.25, 0.3) is 6.08 Å². The summed E-state index contributed by atoms with van der Waals surface area (Å²) in [5.41, 5.74) is 2.47. The number of aromatic nitrogens is 4. The highest BCUT2D eigenvalue weighted by molar-refractivity contribution is 6.05. The van der Waals surface area contributed by atoms with Crippen LogP contribution in [0.15, 0.2) is 55.0 Å². The Morgan fingerprint density at radius 2 is 2.12 bits per heavy atom. The Morgan fingerprint density at radius 1 is 1.25 bits per heavy atom. The lowest BCUT2D eigenvalue weighted by Gasteiger charge is -2.09. The van der Waals surface area contributed by atoms with Crippen molar-refractivity contribution in [2.24, 2.45) is 7.05 Å². The van der Waals surface area contributed by atoms with Gasteiger partial charge in [0.2, 0.25) is 5.78 Å². The van der Waals surface area contributed by atoms with Gasteiger partial charge >= 0.3 is 0 Å². The number of ether oxygens (including phenoxy) is 1. The fourth-order valence-electron chi connectivity index (χ4n) is 2.47. The molecule has 0 atom stereocenters. The molecule has 0 unspecified atom stereocenters. The predicted molar refractivity (Wildman–Crippen MR) is 90.9 cm³/mol. The van der Waals surface area contributed by atoms with Gasteiger partial charge in [0.05, 0.1) is 13.7 Å². The van der Waals surface area contributed by atoms with Gasteiger partial charge in [-0.15, -0.1) is 0 Å². The molecule has 1 aromatic carbocycles. The maximum atomic E-state index is 12.2. The van der Waals surface area contributed by atoms with Crippen molar-refractivity contribution in [2.75, 3.05) is 7.11 Å². The zero-order valence-electron chi connectivity index (χ0n) is 13.6. The van der Waals surface area contributed by atoms with Crippen LogP contribution in [0, 0.1) is 0 Å². The lowest BCUT2D eigenvalue weighted by Crippen LogP contribution is -2.04. The molecule has 122 valence electrons. The smallest absolute Gasteiger partial charge is 0.203 e. The molecule has 2 heterocycles. The van der Waals surface area contributed by atoms with Crippen LogP contribution in [0.3, 0.4) is 0 Å². The third kappa shape index (κ3) is 3.43. The topological polar surface area (TPSA) is 61.9 Å². The van der Waals surface area contributed by atoms with Gasteiger partial charge in [0, 0.05) is 31.2 Å². The fraction of sp³-hybridized carbons (Fsp3) is 0.167. The van der Waals surface area contributed by atoms with Crippen molar-refractivity contribution < 1.29 is 9.53 Å².